The van der Waals surface area contributed by atoms with Gasteiger partial charge in [0.1, 0.15) is 0 Å². The molecular formula is C18H20N2. The van der Waals surface area contributed by atoms with E-state index in [2.05, 4.69) is 43.0 Å². The molecule has 0 unspecified atom stereocenters. The van der Waals surface area contributed by atoms with E-state index in [1.807, 2.05) is 18.2 Å². The van der Waals surface area contributed by atoms with Crippen molar-refractivity contribution in [1.29, 1.82) is 5.26 Å². The summed E-state index contributed by atoms with van der Waals surface area (Å²) in [5.41, 5.74) is 2.04. The van der Waals surface area contributed by atoms with Crippen LogP contribution in [0.2, 0.25) is 0 Å². The first-order chi connectivity index (χ1) is 9.69. The average molecular weight is 264 g/mol. The molecule has 1 aliphatic rings. The number of piperidine rings is 1. The second-order valence-electron chi connectivity index (χ2n) is 6.14. The first kappa shape index (κ1) is 13.0. The van der Waals surface area contributed by atoms with Crippen LogP contribution in [0.15, 0.2) is 36.4 Å². The van der Waals surface area contributed by atoms with Crippen LogP contribution in [0.25, 0.3) is 10.8 Å². The van der Waals surface area contributed by atoms with Gasteiger partial charge in [-0.3, -0.25) is 0 Å². The van der Waals surface area contributed by atoms with Gasteiger partial charge in [0.25, 0.3) is 0 Å². The quantitative estimate of drug-likeness (QED) is 0.772. The summed E-state index contributed by atoms with van der Waals surface area (Å²) in [4.78, 5) is 2.49. The Morgan fingerprint density at radius 3 is 2.30 bits per heavy atom. The van der Waals surface area contributed by atoms with Crippen LogP contribution in [0, 0.1) is 23.2 Å². The molecule has 0 saturated carbocycles. The van der Waals surface area contributed by atoms with E-state index in [9.17, 15) is 5.26 Å². The number of benzene rings is 2. The fourth-order valence-electron chi connectivity index (χ4n) is 3.52. The zero-order valence-electron chi connectivity index (χ0n) is 12.1. The van der Waals surface area contributed by atoms with Gasteiger partial charge in [0.15, 0.2) is 0 Å². The molecule has 3 rings (SSSR count). The van der Waals surface area contributed by atoms with Gasteiger partial charge >= 0.3 is 0 Å². The lowest BCUT2D eigenvalue weighted by molar-refractivity contribution is 0.357. The van der Waals surface area contributed by atoms with E-state index in [1.54, 1.807) is 0 Å². The second kappa shape index (κ2) is 5.17. The summed E-state index contributed by atoms with van der Waals surface area (Å²) in [6, 6.07) is 14.6. The van der Waals surface area contributed by atoms with Gasteiger partial charge in [0.05, 0.1) is 11.6 Å². The topological polar surface area (TPSA) is 27.0 Å². The Morgan fingerprint density at radius 1 is 1.00 bits per heavy atom. The van der Waals surface area contributed by atoms with Crippen molar-refractivity contribution in [1.82, 2.24) is 0 Å². The van der Waals surface area contributed by atoms with Gasteiger partial charge in [0.2, 0.25) is 0 Å². The van der Waals surface area contributed by atoms with Gasteiger partial charge in [-0.1, -0.05) is 38.1 Å². The molecule has 0 spiro atoms. The Morgan fingerprint density at radius 2 is 1.65 bits per heavy atom. The summed E-state index contributed by atoms with van der Waals surface area (Å²) in [5, 5.41) is 11.5. The van der Waals surface area contributed by atoms with Crippen LogP contribution < -0.4 is 4.90 Å². The normalized spacial score (nSPS) is 22.8. The molecule has 0 aliphatic carbocycles. The van der Waals surface area contributed by atoms with Gasteiger partial charge < -0.3 is 4.90 Å². The van der Waals surface area contributed by atoms with Crippen LogP contribution in [0.4, 0.5) is 5.69 Å². The maximum Gasteiger partial charge on any atom is 0.0998 e. The zero-order valence-corrected chi connectivity index (χ0v) is 12.1. The van der Waals surface area contributed by atoms with Crippen molar-refractivity contribution in [3.05, 3.63) is 42.0 Å². The van der Waals surface area contributed by atoms with Gasteiger partial charge in [-0.05, 0) is 30.4 Å². The number of rotatable bonds is 1. The zero-order chi connectivity index (χ0) is 14.1. The molecule has 2 aromatic carbocycles. The highest BCUT2D eigenvalue weighted by Gasteiger charge is 2.23. The lowest BCUT2D eigenvalue weighted by Gasteiger charge is -2.37. The number of anilines is 1. The first-order valence-corrected chi connectivity index (χ1v) is 7.36. The van der Waals surface area contributed by atoms with Gasteiger partial charge in [-0.25, -0.2) is 0 Å². The Labute approximate surface area is 120 Å². The monoisotopic (exact) mass is 264 g/mol. The Balaban J connectivity index is 2.11. The molecule has 0 aromatic heterocycles. The summed E-state index contributed by atoms with van der Waals surface area (Å²) in [6.07, 6.45) is 1.31. The van der Waals surface area contributed by atoms with E-state index in [0.29, 0.717) is 0 Å². The predicted octanol–water partition coefficient (Wildman–Crippen LogP) is 4.19. The highest BCUT2D eigenvalue weighted by Crippen LogP contribution is 2.33. The van der Waals surface area contributed by atoms with Crippen LogP contribution in [0.1, 0.15) is 25.8 Å². The van der Waals surface area contributed by atoms with Gasteiger partial charge in [-0.2, -0.15) is 5.26 Å². The molecule has 1 fully saturated rings. The number of fused-ring (bicyclic) bond motifs is 1. The van der Waals surface area contributed by atoms with Crippen molar-refractivity contribution in [2.45, 2.75) is 20.3 Å². The van der Waals surface area contributed by atoms with E-state index in [1.165, 1.54) is 17.5 Å². The molecule has 1 aliphatic heterocycles. The molecule has 2 aromatic rings. The Bertz CT molecular complexity index is 659. The number of nitrogens with zero attached hydrogens (tertiary/aromatic N) is 2. The molecule has 0 bridgehead atoms. The third kappa shape index (κ3) is 2.25. The Hall–Kier alpha value is -2.01. The minimum Gasteiger partial charge on any atom is -0.370 e. The average Bonchev–Trinajstić information content (AvgIpc) is 2.45. The van der Waals surface area contributed by atoms with Crippen molar-refractivity contribution >= 4 is 16.5 Å². The van der Waals surface area contributed by atoms with Crippen molar-refractivity contribution in [2.75, 3.05) is 18.0 Å². The fourth-order valence-corrected chi connectivity index (χ4v) is 3.52. The molecule has 0 amide bonds. The first-order valence-electron chi connectivity index (χ1n) is 7.36. The number of hydrogen-bond acceptors (Lipinski definition) is 2. The van der Waals surface area contributed by atoms with Crippen LogP contribution in [0.5, 0.6) is 0 Å². The molecule has 2 heteroatoms. The second-order valence-corrected chi connectivity index (χ2v) is 6.14. The van der Waals surface area contributed by atoms with E-state index in [4.69, 9.17) is 0 Å². The highest BCUT2D eigenvalue weighted by molar-refractivity contribution is 5.97. The van der Waals surface area contributed by atoms with E-state index >= 15 is 0 Å². The standard InChI is InChI=1S/C18H20N2/c1-13-9-14(2)12-20(11-13)18-8-7-15(10-19)16-5-3-4-6-17(16)18/h3-8,13-14H,9,11-12H2,1-2H3/t13-,14+. The van der Waals surface area contributed by atoms with E-state index in [-0.39, 0.29) is 0 Å². The molecule has 0 N–H and O–H groups in total. The number of hydrogen-bond donors (Lipinski definition) is 0. The smallest absolute Gasteiger partial charge is 0.0998 e. The maximum absolute atomic E-state index is 9.26. The van der Waals surface area contributed by atoms with Gasteiger partial charge in [-0.15, -0.1) is 0 Å². The minimum absolute atomic E-state index is 0.730. The molecule has 20 heavy (non-hydrogen) atoms. The van der Waals surface area contributed by atoms with Crippen molar-refractivity contribution < 1.29 is 0 Å². The summed E-state index contributed by atoms with van der Waals surface area (Å²) in [5.74, 6) is 1.46. The lowest BCUT2D eigenvalue weighted by Crippen LogP contribution is -2.38. The summed E-state index contributed by atoms with van der Waals surface area (Å²) >= 11 is 0. The molecule has 2 atom stereocenters. The molecule has 1 saturated heterocycles. The molecule has 102 valence electrons. The SMILES string of the molecule is C[C@@H]1C[C@H](C)CN(c2ccc(C#N)c3ccccc23)C1. The van der Waals surface area contributed by atoms with Crippen molar-refractivity contribution in [3.63, 3.8) is 0 Å². The van der Waals surface area contributed by atoms with Crippen molar-refractivity contribution in [3.8, 4) is 6.07 Å². The summed E-state index contributed by atoms with van der Waals surface area (Å²) in [6.45, 7) is 6.88. The molecular weight excluding hydrogens is 244 g/mol. The maximum atomic E-state index is 9.26. The van der Waals surface area contributed by atoms with E-state index < -0.39 is 0 Å². The largest absolute Gasteiger partial charge is 0.370 e. The van der Waals surface area contributed by atoms with Gasteiger partial charge in [0, 0.05) is 29.5 Å². The summed E-state index contributed by atoms with van der Waals surface area (Å²) < 4.78 is 0. The number of nitriles is 1. The third-order valence-corrected chi connectivity index (χ3v) is 4.23. The highest BCUT2D eigenvalue weighted by atomic mass is 15.1. The third-order valence-electron chi connectivity index (χ3n) is 4.23. The molecule has 0 radical (unpaired) electrons. The Kier molecular flexibility index (Phi) is 3.36. The fraction of sp³-hybridized carbons (Fsp3) is 0.389. The lowest BCUT2D eigenvalue weighted by atomic mass is 9.91. The molecule has 1 heterocycles. The summed E-state index contributed by atoms with van der Waals surface area (Å²) in [7, 11) is 0. The minimum atomic E-state index is 0.730. The molecule has 2 nitrogen and oxygen atoms in total. The van der Waals surface area contributed by atoms with Crippen molar-refractivity contribution in [2.24, 2.45) is 11.8 Å². The van der Waals surface area contributed by atoms with E-state index in [0.717, 1.165) is 35.9 Å². The van der Waals surface area contributed by atoms with Crippen LogP contribution in [-0.2, 0) is 0 Å². The van der Waals surface area contributed by atoms with Crippen LogP contribution >= 0.6 is 0 Å². The van der Waals surface area contributed by atoms with Crippen LogP contribution in [-0.4, -0.2) is 13.1 Å². The predicted molar refractivity (Wildman–Crippen MR) is 83.8 cm³/mol. The van der Waals surface area contributed by atoms with Crippen LogP contribution in [0.3, 0.4) is 0 Å².